The van der Waals surface area contributed by atoms with Crippen molar-refractivity contribution in [3.05, 3.63) is 23.6 Å². The third-order valence-corrected chi connectivity index (χ3v) is 4.70. The first-order chi connectivity index (χ1) is 11.8. The molecular weight excluding hydrogens is 340 g/mol. The molecule has 0 saturated heterocycles. The SMILES string of the molecule is CC(C)(C)OC(=O)NC[C@H]1CC[C@H](n2cc3cnc(Cl)cc3n2)CC1. The molecule has 0 bridgehead atoms. The third-order valence-electron chi connectivity index (χ3n) is 4.50. The number of rotatable bonds is 3. The van der Waals surface area contributed by atoms with E-state index in [0.717, 1.165) is 36.6 Å². The first-order valence-corrected chi connectivity index (χ1v) is 9.15. The zero-order chi connectivity index (χ0) is 18.0. The van der Waals surface area contributed by atoms with E-state index in [1.165, 1.54) is 0 Å². The Bertz CT molecular complexity index is 745. The molecular formula is C18H25ClN4O2. The highest BCUT2D eigenvalue weighted by Crippen LogP contribution is 2.32. The lowest BCUT2D eigenvalue weighted by Gasteiger charge is -2.29. The topological polar surface area (TPSA) is 69.0 Å². The van der Waals surface area contributed by atoms with Gasteiger partial charge in [0, 0.05) is 30.4 Å². The number of amides is 1. The highest BCUT2D eigenvalue weighted by Gasteiger charge is 2.24. The summed E-state index contributed by atoms with van der Waals surface area (Å²) in [4.78, 5) is 15.9. The number of hydrogen-bond donors (Lipinski definition) is 1. The fraction of sp³-hybridized carbons (Fsp3) is 0.611. The smallest absolute Gasteiger partial charge is 0.407 e. The Morgan fingerprint density at radius 1 is 1.36 bits per heavy atom. The molecule has 1 aliphatic rings. The molecule has 136 valence electrons. The molecule has 2 aromatic heterocycles. The van der Waals surface area contributed by atoms with E-state index >= 15 is 0 Å². The van der Waals surface area contributed by atoms with Crippen molar-refractivity contribution >= 4 is 28.6 Å². The first-order valence-electron chi connectivity index (χ1n) is 8.77. The van der Waals surface area contributed by atoms with Crippen molar-refractivity contribution in [2.75, 3.05) is 6.54 Å². The summed E-state index contributed by atoms with van der Waals surface area (Å²) in [6.07, 6.45) is 7.70. The number of aromatic nitrogens is 3. The summed E-state index contributed by atoms with van der Waals surface area (Å²) in [5.41, 5.74) is 0.426. The van der Waals surface area contributed by atoms with E-state index < -0.39 is 5.60 Å². The predicted octanol–water partition coefficient (Wildman–Crippen LogP) is 4.34. The maximum Gasteiger partial charge on any atom is 0.407 e. The van der Waals surface area contributed by atoms with E-state index in [4.69, 9.17) is 16.3 Å². The summed E-state index contributed by atoms with van der Waals surface area (Å²) in [5, 5.41) is 9.00. The van der Waals surface area contributed by atoms with Gasteiger partial charge >= 0.3 is 6.09 Å². The molecule has 0 spiro atoms. The Labute approximate surface area is 152 Å². The minimum atomic E-state index is -0.457. The van der Waals surface area contributed by atoms with Crippen LogP contribution < -0.4 is 5.32 Å². The minimum absolute atomic E-state index is 0.336. The molecule has 0 radical (unpaired) electrons. The number of halogens is 1. The fourth-order valence-corrected chi connectivity index (χ4v) is 3.41. The Balaban J connectivity index is 1.50. The number of hydrogen-bond acceptors (Lipinski definition) is 4. The minimum Gasteiger partial charge on any atom is -0.444 e. The third kappa shape index (κ3) is 4.84. The zero-order valence-corrected chi connectivity index (χ0v) is 15.7. The zero-order valence-electron chi connectivity index (χ0n) is 15.0. The Morgan fingerprint density at radius 3 is 2.76 bits per heavy atom. The van der Waals surface area contributed by atoms with E-state index in [-0.39, 0.29) is 6.09 Å². The second kappa shape index (κ2) is 7.20. The van der Waals surface area contributed by atoms with E-state index in [0.29, 0.717) is 23.7 Å². The van der Waals surface area contributed by atoms with Crippen molar-refractivity contribution in [3.8, 4) is 0 Å². The number of ether oxygens (including phenoxy) is 1. The molecule has 1 aliphatic carbocycles. The largest absolute Gasteiger partial charge is 0.444 e. The molecule has 2 aromatic rings. The lowest BCUT2D eigenvalue weighted by atomic mass is 9.86. The molecule has 1 saturated carbocycles. The van der Waals surface area contributed by atoms with E-state index in [9.17, 15) is 4.79 Å². The summed E-state index contributed by atoms with van der Waals surface area (Å²) in [5.74, 6) is 0.491. The quantitative estimate of drug-likeness (QED) is 0.822. The van der Waals surface area contributed by atoms with Crippen LogP contribution in [0, 0.1) is 5.92 Å². The number of nitrogens with one attached hydrogen (secondary N) is 1. The van der Waals surface area contributed by atoms with Crippen molar-refractivity contribution in [2.24, 2.45) is 5.92 Å². The van der Waals surface area contributed by atoms with Crippen LogP contribution in [0.5, 0.6) is 0 Å². The van der Waals surface area contributed by atoms with Crippen molar-refractivity contribution in [1.82, 2.24) is 20.1 Å². The van der Waals surface area contributed by atoms with Gasteiger partial charge in [0.05, 0.1) is 11.6 Å². The average Bonchev–Trinajstić information content (AvgIpc) is 2.95. The van der Waals surface area contributed by atoms with E-state index in [2.05, 4.69) is 15.4 Å². The van der Waals surface area contributed by atoms with E-state index in [1.54, 1.807) is 12.3 Å². The second-order valence-corrected chi connectivity index (χ2v) is 8.12. The highest BCUT2D eigenvalue weighted by molar-refractivity contribution is 6.29. The maximum absolute atomic E-state index is 11.7. The van der Waals surface area contributed by atoms with Crippen LogP contribution in [0.1, 0.15) is 52.5 Å². The summed E-state index contributed by atoms with van der Waals surface area (Å²) < 4.78 is 7.32. The first kappa shape index (κ1) is 18.0. The van der Waals surface area contributed by atoms with Crippen LogP contribution in [-0.2, 0) is 4.74 Å². The number of carbonyl (C=O) groups is 1. The van der Waals surface area contributed by atoms with Crippen LogP contribution in [0.4, 0.5) is 4.79 Å². The van der Waals surface area contributed by atoms with Gasteiger partial charge in [0.2, 0.25) is 0 Å². The van der Waals surface area contributed by atoms with Crippen LogP contribution in [0.15, 0.2) is 18.5 Å². The number of carbonyl (C=O) groups excluding carboxylic acids is 1. The van der Waals surface area contributed by atoms with Gasteiger partial charge in [-0.25, -0.2) is 9.78 Å². The molecule has 25 heavy (non-hydrogen) atoms. The molecule has 0 atom stereocenters. The van der Waals surface area contributed by atoms with Gasteiger partial charge in [0.25, 0.3) is 0 Å². The molecule has 1 amide bonds. The lowest BCUT2D eigenvalue weighted by Crippen LogP contribution is -2.36. The molecule has 6 nitrogen and oxygen atoms in total. The van der Waals surface area contributed by atoms with Gasteiger partial charge in [-0.2, -0.15) is 5.10 Å². The highest BCUT2D eigenvalue weighted by atomic mass is 35.5. The normalized spacial score (nSPS) is 21.3. The molecule has 1 N–H and O–H groups in total. The van der Waals surface area contributed by atoms with Crippen molar-refractivity contribution in [1.29, 1.82) is 0 Å². The summed E-state index contributed by atoms with van der Waals surface area (Å²) >= 11 is 5.93. The van der Waals surface area contributed by atoms with Gasteiger partial charge in [0.1, 0.15) is 10.8 Å². The Kier molecular flexibility index (Phi) is 5.18. The Morgan fingerprint density at radius 2 is 2.08 bits per heavy atom. The fourth-order valence-electron chi connectivity index (χ4n) is 3.26. The van der Waals surface area contributed by atoms with Crippen molar-refractivity contribution in [3.63, 3.8) is 0 Å². The number of fused-ring (bicyclic) bond motifs is 1. The number of alkyl carbamates (subject to hydrolysis) is 1. The van der Waals surface area contributed by atoms with Crippen LogP contribution in [0.2, 0.25) is 5.15 Å². The van der Waals surface area contributed by atoms with Crippen LogP contribution >= 0.6 is 11.6 Å². The number of pyridine rings is 1. The van der Waals surface area contributed by atoms with E-state index in [1.807, 2.05) is 31.6 Å². The van der Waals surface area contributed by atoms with Crippen LogP contribution in [-0.4, -0.2) is 33.0 Å². The van der Waals surface area contributed by atoms with Gasteiger partial charge in [-0.3, -0.25) is 4.68 Å². The molecule has 0 aromatic carbocycles. The van der Waals surface area contributed by atoms with Gasteiger partial charge in [-0.05, 0) is 52.4 Å². The molecule has 0 unspecified atom stereocenters. The monoisotopic (exact) mass is 364 g/mol. The lowest BCUT2D eigenvalue weighted by molar-refractivity contribution is 0.0513. The molecule has 3 rings (SSSR count). The van der Waals surface area contributed by atoms with Crippen molar-refractivity contribution < 1.29 is 9.53 Å². The average molecular weight is 365 g/mol. The number of nitrogens with zero attached hydrogens (tertiary/aromatic N) is 3. The molecule has 7 heteroatoms. The summed E-state index contributed by atoms with van der Waals surface area (Å²) in [6, 6.07) is 2.19. The molecule has 1 fully saturated rings. The standard InChI is InChI=1S/C18H25ClN4O2/c1-18(2,3)25-17(24)21-9-12-4-6-14(7-5-12)23-11-13-10-20-16(19)8-15(13)22-23/h8,10-12,14H,4-7,9H2,1-3H3,(H,21,24)/t12-,14-. The Hall–Kier alpha value is -1.82. The van der Waals surface area contributed by atoms with Gasteiger partial charge in [0.15, 0.2) is 0 Å². The predicted molar refractivity (Wildman–Crippen MR) is 97.8 cm³/mol. The van der Waals surface area contributed by atoms with Crippen LogP contribution in [0.3, 0.4) is 0 Å². The second-order valence-electron chi connectivity index (χ2n) is 7.73. The summed E-state index contributed by atoms with van der Waals surface area (Å²) in [7, 11) is 0. The van der Waals surface area contributed by atoms with Gasteiger partial charge in [-0.15, -0.1) is 0 Å². The molecule has 2 heterocycles. The van der Waals surface area contributed by atoms with Gasteiger partial charge < -0.3 is 10.1 Å². The van der Waals surface area contributed by atoms with Crippen molar-refractivity contribution in [2.45, 2.75) is 58.1 Å². The molecule has 0 aliphatic heterocycles. The van der Waals surface area contributed by atoms with Crippen LogP contribution in [0.25, 0.3) is 10.9 Å². The maximum atomic E-state index is 11.7. The van der Waals surface area contributed by atoms with Gasteiger partial charge in [-0.1, -0.05) is 11.6 Å². The summed E-state index contributed by atoms with van der Waals surface area (Å²) in [6.45, 7) is 6.28.